The Morgan fingerprint density at radius 3 is 2.09 bits per heavy atom. The van der Waals surface area contributed by atoms with Gasteiger partial charge in [-0.3, -0.25) is 14.4 Å². The first-order chi connectivity index (χ1) is 15.3. The third-order valence-electron chi connectivity index (χ3n) is 4.95. The summed E-state index contributed by atoms with van der Waals surface area (Å²) in [6.07, 6.45) is 0. The summed E-state index contributed by atoms with van der Waals surface area (Å²) in [5.41, 5.74) is 2.93. The van der Waals surface area contributed by atoms with E-state index in [2.05, 4.69) is 10.6 Å². The molecule has 0 atom stereocenters. The SMILES string of the molecule is CC(C)C(=O)Nc1ccc(C(=O)Nc2ccccc2C(=O)N(C)Cc2ccccc2)cc1. The number of hydrogen-bond donors (Lipinski definition) is 2. The lowest BCUT2D eigenvalue weighted by molar-refractivity contribution is -0.118. The summed E-state index contributed by atoms with van der Waals surface area (Å²) in [7, 11) is 1.73. The molecule has 0 fully saturated rings. The Balaban J connectivity index is 1.71. The van der Waals surface area contributed by atoms with E-state index in [4.69, 9.17) is 0 Å². The number of carbonyl (C=O) groups is 3. The Kier molecular flexibility index (Phi) is 7.39. The topological polar surface area (TPSA) is 78.5 Å². The number of hydrogen-bond acceptors (Lipinski definition) is 3. The molecule has 0 aliphatic carbocycles. The third kappa shape index (κ3) is 5.82. The molecule has 0 unspecified atom stereocenters. The van der Waals surface area contributed by atoms with Crippen LogP contribution in [0.15, 0.2) is 78.9 Å². The molecule has 0 saturated carbocycles. The van der Waals surface area contributed by atoms with Crippen molar-refractivity contribution in [3.63, 3.8) is 0 Å². The van der Waals surface area contributed by atoms with E-state index < -0.39 is 0 Å². The molecular formula is C26H27N3O3. The van der Waals surface area contributed by atoms with Crippen LogP contribution in [0, 0.1) is 5.92 Å². The minimum Gasteiger partial charge on any atom is -0.337 e. The van der Waals surface area contributed by atoms with E-state index >= 15 is 0 Å². The smallest absolute Gasteiger partial charge is 0.256 e. The molecule has 0 aliphatic heterocycles. The molecule has 3 aromatic carbocycles. The fourth-order valence-corrected chi connectivity index (χ4v) is 3.10. The fourth-order valence-electron chi connectivity index (χ4n) is 3.10. The fraction of sp³-hybridized carbons (Fsp3) is 0.192. The average Bonchev–Trinajstić information content (AvgIpc) is 2.80. The maximum absolute atomic E-state index is 13.0. The van der Waals surface area contributed by atoms with E-state index in [-0.39, 0.29) is 23.6 Å². The molecule has 0 heterocycles. The minimum atomic E-state index is -0.335. The van der Waals surface area contributed by atoms with Gasteiger partial charge in [-0.05, 0) is 42.0 Å². The summed E-state index contributed by atoms with van der Waals surface area (Å²) in [6.45, 7) is 4.09. The lowest BCUT2D eigenvalue weighted by Crippen LogP contribution is -2.27. The number of anilines is 2. The quantitative estimate of drug-likeness (QED) is 0.566. The van der Waals surface area contributed by atoms with Gasteiger partial charge in [-0.1, -0.05) is 56.3 Å². The van der Waals surface area contributed by atoms with Crippen molar-refractivity contribution in [1.82, 2.24) is 4.90 Å². The number of rotatable bonds is 7. The van der Waals surface area contributed by atoms with Gasteiger partial charge < -0.3 is 15.5 Å². The van der Waals surface area contributed by atoms with Crippen LogP contribution in [-0.4, -0.2) is 29.7 Å². The van der Waals surface area contributed by atoms with Crippen LogP contribution >= 0.6 is 0 Å². The molecule has 6 nitrogen and oxygen atoms in total. The van der Waals surface area contributed by atoms with E-state index in [9.17, 15) is 14.4 Å². The van der Waals surface area contributed by atoms with Gasteiger partial charge in [0.2, 0.25) is 5.91 Å². The van der Waals surface area contributed by atoms with Gasteiger partial charge in [-0.15, -0.1) is 0 Å². The first-order valence-electron chi connectivity index (χ1n) is 10.5. The van der Waals surface area contributed by atoms with Crippen LogP contribution in [-0.2, 0) is 11.3 Å². The standard InChI is InChI=1S/C26H27N3O3/c1-18(2)24(30)27-21-15-13-20(14-16-21)25(31)28-23-12-8-7-11-22(23)26(32)29(3)17-19-9-5-4-6-10-19/h4-16,18H,17H2,1-3H3,(H,27,30)(H,28,31). The van der Waals surface area contributed by atoms with Crippen molar-refractivity contribution in [3.05, 3.63) is 95.6 Å². The molecule has 3 rings (SSSR count). The second kappa shape index (κ2) is 10.4. The third-order valence-corrected chi connectivity index (χ3v) is 4.95. The summed E-state index contributed by atoms with van der Waals surface area (Å²) in [5, 5.41) is 5.62. The van der Waals surface area contributed by atoms with Crippen LogP contribution in [0.25, 0.3) is 0 Å². The van der Waals surface area contributed by atoms with Crippen molar-refractivity contribution in [1.29, 1.82) is 0 Å². The summed E-state index contributed by atoms with van der Waals surface area (Å²) in [4.78, 5) is 39.2. The summed E-state index contributed by atoms with van der Waals surface area (Å²) in [6, 6.07) is 23.3. The van der Waals surface area contributed by atoms with Crippen LogP contribution in [0.4, 0.5) is 11.4 Å². The van der Waals surface area contributed by atoms with Crippen molar-refractivity contribution in [3.8, 4) is 0 Å². The lowest BCUT2D eigenvalue weighted by Gasteiger charge is -2.19. The molecule has 0 aromatic heterocycles. The number of carbonyl (C=O) groups excluding carboxylic acids is 3. The molecule has 6 heteroatoms. The molecular weight excluding hydrogens is 402 g/mol. The van der Waals surface area contributed by atoms with E-state index in [1.54, 1.807) is 60.5 Å². The zero-order valence-corrected chi connectivity index (χ0v) is 18.5. The van der Waals surface area contributed by atoms with Gasteiger partial charge in [0.15, 0.2) is 0 Å². The van der Waals surface area contributed by atoms with Gasteiger partial charge in [0, 0.05) is 30.8 Å². The number of benzene rings is 3. The van der Waals surface area contributed by atoms with Gasteiger partial charge in [0.1, 0.15) is 0 Å². The summed E-state index contributed by atoms with van der Waals surface area (Å²) >= 11 is 0. The van der Waals surface area contributed by atoms with Gasteiger partial charge >= 0.3 is 0 Å². The highest BCUT2D eigenvalue weighted by Gasteiger charge is 2.18. The highest BCUT2D eigenvalue weighted by molar-refractivity contribution is 6.09. The predicted octanol–water partition coefficient (Wildman–Crippen LogP) is 4.81. The molecule has 164 valence electrons. The van der Waals surface area contributed by atoms with Gasteiger partial charge in [-0.25, -0.2) is 0 Å². The Labute approximate surface area is 188 Å². The zero-order valence-electron chi connectivity index (χ0n) is 18.5. The molecule has 0 spiro atoms. The van der Waals surface area contributed by atoms with Crippen LogP contribution in [0.2, 0.25) is 0 Å². The molecule has 3 amide bonds. The first-order valence-corrected chi connectivity index (χ1v) is 10.5. The van der Waals surface area contributed by atoms with Crippen molar-refractivity contribution >= 4 is 29.1 Å². The van der Waals surface area contributed by atoms with E-state index in [1.807, 2.05) is 44.2 Å². The van der Waals surface area contributed by atoms with Gasteiger partial charge in [0.05, 0.1) is 11.3 Å². The lowest BCUT2D eigenvalue weighted by atomic mass is 10.1. The Morgan fingerprint density at radius 2 is 1.44 bits per heavy atom. The first kappa shape index (κ1) is 22.7. The number of nitrogens with zero attached hydrogens (tertiary/aromatic N) is 1. The molecule has 0 saturated heterocycles. The van der Waals surface area contributed by atoms with E-state index in [1.165, 1.54) is 0 Å². The second-order valence-electron chi connectivity index (χ2n) is 7.87. The van der Waals surface area contributed by atoms with Crippen LogP contribution in [0.3, 0.4) is 0 Å². The largest absolute Gasteiger partial charge is 0.337 e. The Bertz CT molecular complexity index is 1090. The maximum Gasteiger partial charge on any atom is 0.256 e. The van der Waals surface area contributed by atoms with E-state index in [0.717, 1.165) is 5.56 Å². The maximum atomic E-state index is 13.0. The molecule has 3 aromatic rings. The van der Waals surface area contributed by atoms with Crippen LogP contribution in [0.5, 0.6) is 0 Å². The molecule has 0 bridgehead atoms. The molecule has 32 heavy (non-hydrogen) atoms. The van der Waals surface area contributed by atoms with Crippen molar-refractivity contribution in [2.24, 2.45) is 5.92 Å². The predicted molar refractivity (Wildman–Crippen MR) is 127 cm³/mol. The minimum absolute atomic E-state index is 0.0886. The Hall–Kier alpha value is -3.93. The highest BCUT2D eigenvalue weighted by Crippen LogP contribution is 2.20. The number of nitrogens with one attached hydrogen (secondary N) is 2. The van der Waals surface area contributed by atoms with Crippen molar-refractivity contribution in [2.75, 3.05) is 17.7 Å². The number of amides is 3. The van der Waals surface area contributed by atoms with Crippen molar-refractivity contribution < 1.29 is 14.4 Å². The normalized spacial score (nSPS) is 10.5. The highest BCUT2D eigenvalue weighted by atomic mass is 16.2. The molecule has 2 N–H and O–H groups in total. The monoisotopic (exact) mass is 429 g/mol. The summed E-state index contributed by atoms with van der Waals surface area (Å²) < 4.78 is 0. The Morgan fingerprint density at radius 1 is 0.812 bits per heavy atom. The zero-order chi connectivity index (χ0) is 23.1. The van der Waals surface area contributed by atoms with Gasteiger partial charge in [-0.2, -0.15) is 0 Å². The summed E-state index contributed by atoms with van der Waals surface area (Å²) in [5.74, 6) is -0.740. The molecule has 0 aliphatic rings. The number of para-hydroxylation sites is 1. The van der Waals surface area contributed by atoms with Crippen LogP contribution < -0.4 is 10.6 Å². The molecule has 0 radical (unpaired) electrons. The average molecular weight is 430 g/mol. The van der Waals surface area contributed by atoms with E-state index in [0.29, 0.717) is 29.0 Å². The van der Waals surface area contributed by atoms with Gasteiger partial charge in [0.25, 0.3) is 11.8 Å². The van der Waals surface area contributed by atoms with Crippen LogP contribution in [0.1, 0.15) is 40.1 Å². The van der Waals surface area contributed by atoms with Crippen molar-refractivity contribution in [2.45, 2.75) is 20.4 Å². The second-order valence-corrected chi connectivity index (χ2v) is 7.87.